The summed E-state index contributed by atoms with van der Waals surface area (Å²) in [5.74, 6) is -0.293. The summed E-state index contributed by atoms with van der Waals surface area (Å²) in [5, 5.41) is 11.1. The molecule has 138 valence electrons. The standard InChI is InChI=1S/C22H19N5O/c28-22(20-16-27(26-25-20)15-17-9-3-1-4-10-17)24-21(18-11-5-2-6-12-18)19-13-7-8-14-23-19/h1-14,16,21H,15H2,(H,24,28). The predicted octanol–water partition coefficient (Wildman–Crippen LogP) is 3.24. The van der Waals surface area contributed by atoms with Crippen LogP contribution in [0.4, 0.5) is 0 Å². The number of amides is 1. The minimum Gasteiger partial charge on any atom is -0.338 e. The molecule has 0 spiro atoms. The first-order valence-corrected chi connectivity index (χ1v) is 9.00. The van der Waals surface area contributed by atoms with Gasteiger partial charge in [0.25, 0.3) is 5.91 Å². The quantitative estimate of drug-likeness (QED) is 0.566. The van der Waals surface area contributed by atoms with Crippen LogP contribution in [0.1, 0.15) is 33.4 Å². The number of carbonyl (C=O) groups is 1. The lowest BCUT2D eigenvalue weighted by Gasteiger charge is -2.18. The first-order valence-electron chi connectivity index (χ1n) is 9.00. The highest BCUT2D eigenvalue weighted by Crippen LogP contribution is 2.20. The second-order valence-corrected chi connectivity index (χ2v) is 6.36. The zero-order chi connectivity index (χ0) is 19.2. The van der Waals surface area contributed by atoms with Gasteiger partial charge in [0, 0.05) is 6.20 Å². The normalized spacial score (nSPS) is 11.7. The Hall–Kier alpha value is -3.80. The molecule has 2 heterocycles. The topological polar surface area (TPSA) is 72.7 Å². The summed E-state index contributed by atoms with van der Waals surface area (Å²) in [5.41, 5.74) is 3.08. The number of carbonyl (C=O) groups excluding carboxylic acids is 1. The summed E-state index contributed by atoms with van der Waals surface area (Å²) < 4.78 is 1.66. The number of aromatic nitrogens is 4. The molecular weight excluding hydrogens is 350 g/mol. The van der Waals surface area contributed by atoms with Crippen LogP contribution < -0.4 is 5.32 Å². The van der Waals surface area contributed by atoms with E-state index < -0.39 is 0 Å². The first kappa shape index (κ1) is 17.6. The summed E-state index contributed by atoms with van der Waals surface area (Å²) in [7, 11) is 0. The average molecular weight is 369 g/mol. The Bertz CT molecular complexity index is 993. The van der Waals surface area contributed by atoms with E-state index in [1.165, 1.54) is 0 Å². The highest BCUT2D eigenvalue weighted by molar-refractivity contribution is 5.92. The molecule has 0 bridgehead atoms. The number of nitrogens with one attached hydrogen (secondary N) is 1. The number of hydrogen-bond acceptors (Lipinski definition) is 4. The number of rotatable bonds is 6. The molecule has 1 N–H and O–H groups in total. The molecule has 4 aromatic rings. The van der Waals surface area contributed by atoms with Crippen LogP contribution in [0.5, 0.6) is 0 Å². The van der Waals surface area contributed by atoms with Crippen LogP contribution in [0, 0.1) is 0 Å². The SMILES string of the molecule is O=C(NC(c1ccccc1)c1ccccn1)c1cn(Cc2ccccc2)nn1. The van der Waals surface area contributed by atoms with Crippen molar-refractivity contribution in [3.05, 3.63) is 114 Å². The third-order valence-corrected chi connectivity index (χ3v) is 4.35. The summed E-state index contributed by atoms with van der Waals surface area (Å²) in [6, 6.07) is 24.9. The number of benzene rings is 2. The van der Waals surface area contributed by atoms with Crippen molar-refractivity contribution in [1.82, 2.24) is 25.3 Å². The fraction of sp³-hybridized carbons (Fsp3) is 0.0909. The molecule has 2 aromatic heterocycles. The van der Waals surface area contributed by atoms with E-state index >= 15 is 0 Å². The van der Waals surface area contributed by atoms with Gasteiger partial charge in [-0.1, -0.05) is 71.9 Å². The molecule has 6 heteroatoms. The summed E-state index contributed by atoms with van der Waals surface area (Å²) >= 11 is 0. The lowest BCUT2D eigenvalue weighted by Crippen LogP contribution is -2.30. The molecule has 0 radical (unpaired) electrons. The van der Waals surface area contributed by atoms with E-state index in [4.69, 9.17) is 0 Å². The molecule has 0 aliphatic carbocycles. The van der Waals surface area contributed by atoms with Crippen molar-refractivity contribution in [2.24, 2.45) is 0 Å². The summed E-state index contributed by atoms with van der Waals surface area (Å²) in [6.45, 7) is 0.559. The Morgan fingerprint density at radius 1 is 0.929 bits per heavy atom. The van der Waals surface area contributed by atoms with E-state index in [0.717, 1.165) is 16.8 Å². The minimum atomic E-state index is -0.367. The Morgan fingerprint density at radius 2 is 1.64 bits per heavy atom. The molecule has 4 rings (SSSR count). The molecule has 28 heavy (non-hydrogen) atoms. The third-order valence-electron chi connectivity index (χ3n) is 4.35. The zero-order valence-electron chi connectivity index (χ0n) is 15.1. The van der Waals surface area contributed by atoms with Gasteiger partial charge in [0.05, 0.1) is 24.5 Å². The Morgan fingerprint density at radius 3 is 2.36 bits per heavy atom. The second-order valence-electron chi connectivity index (χ2n) is 6.36. The Balaban J connectivity index is 1.54. The van der Waals surface area contributed by atoms with Crippen molar-refractivity contribution in [3.63, 3.8) is 0 Å². The Kier molecular flexibility index (Phi) is 5.20. The first-order chi connectivity index (χ1) is 13.8. The van der Waals surface area contributed by atoms with Crippen molar-refractivity contribution < 1.29 is 4.79 Å². The summed E-state index contributed by atoms with van der Waals surface area (Å²) in [6.07, 6.45) is 3.37. The van der Waals surface area contributed by atoms with Gasteiger partial charge in [-0.2, -0.15) is 0 Å². The van der Waals surface area contributed by atoms with Gasteiger partial charge >= 0.3 is 0 Å². The molecule has 6 nitrogen and oxygen atoms in total. The van der Waals surface area contributed by atoms with E-state index in [2.05, 4.69) is 20.6 Å². The average Bonchev–Trinajstić information content (AvgIpc) is 3.22. The monoisotopic (exact) mass is 369 g/mol. The fourth-order valence-electron chi connectivity index (χ4n) is 2.98. The number of pyridine rings is 1. The molecule has 2 aromatic carbocycles. The molecular formula is C22H19N5O. The van der Waals surface area contributed by atoms with E-state index in [0.29, 0.717) is 6.54 Å². The minimum absolute atomic E-state index is 0.271. The van der Waals surface area contributed by atoms with Crippen molar-refractivity contribution in [2.75, 3.05) is 0 Å². The number of hydrogen-bond donors (Lipinski definition) is 1. The zero-order valence-corrected chi connectivity index (χ0v) is 15.1. The van der Waals surface area contributed by atoms with Crippen molar-refractivity contribution in [3.8, 4) is 0 Å². The van der Waals surface area contributed by atoms with Crippen LogP contribution in [0.25, 0.3) is 0 Å². The molecule has 0 saturated heterocycles. The van der Waals surface area contributed by atoms with Crippen LogP contribution in [0.2, 0.25) is 0 Å². The second kappa shape index (κ2) is 8.26. The van der Waals surface area contributed by atoms with Crippen LogP contribution in [0.15, 0.2) is 91.3 Å². The number of nitrogens with zero attached hydrogens (tertiary/aromatic N) is 4. The van der Waals surface area contributed by atoms with Gasteiger partial charge in [0.2, 0.25) is 0 Å². The maximum Gasteiger partial charge on any atom is 0.274 e. The van der Waals surface area contributed by atoms with Crippen molar-refractivity contribution in [1.29, 1.82) is 0 Å². The van der Waals surface area contributed by atoms with E-state index in [-0.39, 0.29) is 17.6 Å². The highest BCUT2D eigenvalue weighted by Gasteiger charge is 2.20. The fourth-order valence-corrected chi connectivity index (χ4v) is 2.98. The lowest BCUT2D eigenvalue weighted by atomic mass is 10.0. The molecule has 1 atom stereocenters. The maximum atomic E-state index is 12.8. The van der Waals surface area contributed by atoms with Crippen molar-refractivity contribution in [2.45, 2.75) is 12.6 Å². The van der Waals surface area contributed by atoms with Crippen LogP contribution >= 0.6 is 0 Å². The smallest absolute Gasteiger partial charge is 0.274 e. The van der Waals surface area contributed by atoms with Gasteiger partial charge in [-0.25, -0.2) is 4.68 Å². The summed E-state index contributed by atoms with van der Waals surface area (Å²) in [4.78, 5) is 17.2. The molecule has 0 aliphatic rings. The van der Waals surface area contributed by atoms with Gasteiger partial charge in [0.1, 0.15) is 0 Å². The van der Waals surface area contributed by atoms with Gasteiger partial charge in [-0.05, 0) is 23.3 Å². The third kappa shape index (κ3) is 4.12. The molecule has 0 saturated carbocycles. The van der Waals surface area contributed by atoms with Gasteiger partial charge in [-0.15, -0.1) is 5.10 Å². The maximum absolute atomic E-state index is 12.8. The lowest BCUT2D eigenvalue weighted by molar-refractivity contribution is 0.0937. The van der Waals surface area contributed by atoms with Gasteiger partial charge in [0.15, 0.2) is 5.69 Å². The molecule has 0 fully saturated rings. The molecule has 1 amide bonds. The highest BCUT2D eigenvalue weighted by atomic mass is 16.2. The van der Waals surface area contributed by atoms with E-state index in [1.807, 2.05) is 78.9 Å². The Labute approximate surface area is 162 Å². The molecule has 0 aliphatic heterocycles. The van der Waals surface area contributed by atoms with Crippen molar-refractivity contribution >= 4 is 5.91 Å². The van der Waals surface area contributed by atoms with Crippen LogP contribution in [0.3, 0.4) is 0 Å². The molecule has 1 unspecified atom stereocenters. The predicted molar refractivity (Wildman–Crippen MR) is 106 cm³/mol. The van der Waals surface area contributed by atoms with Gasteiger partial charge < -0.3 is 5.32 Å². The van der Waals surface area contributed by atoms with Crippen LogP contribution in [-0.2, 0) is 6.54 Å². The van der Waals surface area contributed by atoms with E-state index in [9.17, 15) is 4.79 Å². The van der Waals surface area contributed by atoms with E-state index in [1.54, 1.807) is 17.1 Å². The van der Waals surface area contributed by atoms with Gasteiger partial charge in [-0.3, -0.25) is 9.78 Å². The largest absolute Gasteiger partial charge is 0.338 e. The van der Waals surface area contributed by atoms with Crippen LogP contribution in [-0.4, -0.2) is 25.9 Å².